The molecule has 1 aromatic heterocycles. The zero-order chi connectivity index (χ0) is 22.8. The van der Waals surface area contributed by atoms with Crippen LogP contribution in [-0.4, -0.2) is 29.9 Å². The van der Waals surface area contributed by atoms with Crippen LogP contribution in [0, 0.1) is 6.92 Å². The number of rotatable bonds is 6. The summed E-state index contributed by atoms with van der Waals surface area (Å²) in [5.41, 5.74) is 2.80. The number of methoxy groups -OCH3 is 2. The smallest absolute Gasteiger partial charge is 0.312 e. The summed E-state index contributed by atoms with van der Waals surface area (Å²) >= 11 is 0. The Hall–Kier alpha value is -3.74. The number of nitrogens with zero attached hydrogens (tertiary/aromatic N) is 1. The highest BCUT2D eigenvalue weighted by atomic mass is 16.5. The summed E-state index contributed by atoms with van der Waals surface area (Å²) in [7, 11) is 3.10. The molecule has 0 saturated carbocycles. The van der Waals surface area contributed by atoms with Crippen molar-refractivity contribution in [3.8, 4) is 23.0 Å². The quantitative estimate of drug-likeness (QED) is 0.596. The molecular formula is C25H25NO6. The van der Waals surface area contributed by atoms with Crippen LogP contribution in [0.1, 0.15) is 34.7 Å². The largest absolute Gasteiger partial charge is 0.508 e. The summed E-state index contributed by atoms with van der Waals surface area (Å²) in [6, 6.07) is 14.1. The number of carbonyl (C=O) groups is 1. The third-order valence-corrected chi connectivity index (χ3v) is 5.82. The molecule has 0 amide bonds. The normalized spacial score (nSPS) is 15.1. The minimum atomic E-state index is -0.445. The highest BCUT2D eigenvalue weighted by Crippen LogP contribution is 2.40. The van der Waals surface area contributed by atoms with E-state index in [1.165, 1.54) is 0 Å². The molecule has 166 valence electrons. The predicted molar refractivity (Wildman–Crippen MR) is 119 cm³/mol. The van der Waals surface area contributed by atoms with Gasteiger partial charge in [-0.05, 0) is 48.7 Å². The van der Waals surface area contributed by atoms with Gasteiger partial charge in [-0.1, -0.05) is 18.2 Å². The standard InChI is InChI=1S/C25H25NO6/c1-15-12-22-24(25(29)26(15)11-10-16-4-7-18(27)8-5-16)19(14-23(28)32-22)17-6-9-20(30-2)21(13-17)31-3/h4-9,12-13,19,27H,10-11,14H2,1-3H3. The van der Waals surface area contributed by atoms with E-state index in [9.17, 15) is 14.7 Å². The fourth-order valence-electron chi connectivity index (χ4n) is 4.13. The molecule has 0 spiro atoms. The second-order valence-electron chi connectivity index (χ2n) is 7.78. The minimum Gasteiger partial charge on any atom is -0.508 e. The lowest BCUT2D eigenvalue weighted by molar-refractivity contribution is -0.135. The van der Waals surface area contributed by atoms with E-state index >= 15 is 0 Å². The molecule has 7 nitrogen and oxygen atoms in total. The first-order chi connectivity index (χ1) is 15.4. The maximum absolute atomic E-state index is 13.6. The van der Waals surface area contributed by atoms with E-state index in [1.54, 1.807) is 49.1 Å². The van der Waals surface area contributed by atoms with Gasteiger partial charge in [0.2, 0.25) is 0 Å². The average Bonchev–Trinajstić information content (AvgIpc) is 2.78. The zero-order valence-electron chi connectivity index (χ0n) is 18.3. The van der Waals surface area contributed by atoms with Gasteiger partial charge in [-0.15, -0.1) is 0 Å². The van der Waals surface area contributed by atoms with Gasteiger partial charge in [-0.3, -0.25) is 9.59 Å². The van der Waals surface area contributed by atoms with Gasteiger partial charge in [0, 0.05) is 24.2 Å². The molecule has 1 aliphatic heterocycles. The summed E-state index contributed by atoms with van der Waals surface area (Å²) in [4.78, 5) is 25.9. The van der Waals surface area contributed by atoms with E-state index in [-0.39, 0.29) is 23.7 Å². The van der Waals surface area contributed by atoms with Crippen molar-refractivity contribution in [2.75, 3.05) is 14.2 Å². The molecule has 0 radical (unpaired) electrons. The van der Waals surface area contributed by atoms with E-state index in [2.05, 4.69) is 0 Å². The number of fused-ring (bicyclic) bond motifs is 1. The Bertz CT molecular complexity index is 1210. The van der Waals surface area contributed by atoms with Crippen LogP contribution in [0.5, 0.6) is 23.0 Å². The first kappa shape index (κ1) is 21.5. The molecule has 4 rings (SSSR count). The highest BCUT2D eigenvalue weighted by molar-refractivity contribution is 5.77. The molecule has 3 aromatic rings. The SMILES string of the molecule is COc1ccc(C2CC(=O)Oc3cc(C)n(CCc4ccc(O)cc4)c(=O)c32)cc1OC. The molecule has 1 atom stereocenters. The molecule has 32 heavy (non-hydrogen) atoms. The van der Waals surface area contributed by atoms with E-state index in [0.717, 1.165) is 11.1 Å². The van der Waals surface area contributed by atoms with Crippen LogP contribution >= 0.6 is 0 Å². The van der Waals surface area contributed by atoms with E-state index in [1.807, 2.05) is 25.1 Å². The Morgan fingerprint density at radius 1 is 1.03 bits per heavy atom. The third-order valence-electron chi connectivity index (χ3n) is 5.82. The molecule has 0 fully saturated rings. The molecule has 2 heterocycles. The van der Waals surface area contributed by atoms with Crippen LogP contribution in [0.2, 0.25) is 0 Å². The lowest BCUT2D eigenvalue weighted by Crippen LogP contribution is -2.33. The summed E-state index contributed by atoms with van der Waals surface area (Å²) in [6.07, 6.45) is 0.694. The van der Waals surface area contributed by atoms with Gasteiger partial charge < -0.3 is 23.9 Å². The van der Waals surface area contributed by atoms with Crippen molar-refractivity contribution in [3.63, 3.8) is 0 Å². The van der Waals surface area contributed by atoms with Crippen LogP contribution in [0.3, 0.4) is 0 Å². The number of aromatic nitrogens is 1. The van der Waals surface area contributed by atoms with Gasteiger partial charge in [0.1, 0.15) is 11.5 Å². The number of pyridine rings is 1. The monoisotopic (exact) mass is 435 g/mol. The summed E-state index contributed by atoms with van der Waals surface area (Å²) in [6.45, 7) is 2.29. The number of aromatic hydroxyl groups is 1. The Morgan fingerprint density at radius 3 is 2.44 bits per heavy atom. The predicted octanol–water partition coefficient (Wildman–Crippen LogP) is 3.56. The number of esters is 1. The minimum absolute atomic E-state index is 0.0682. The van der Waals surface area contributed by atoms with Crippen LogP contribution in [0.15, 0.2) is 53.3 Å². The Morgan fingerprint density at radius 2 is 1.75 bits per heavy atom. The number of hydrogen-bond donors (Lipinski definition) is 1. The maximum atomic E-state index is 13.6. The fourth-order valence-corrected chi connectivity index (χ4v) is 4.13. The molecule has 0 bridgehead atoms. The summed E-state index contributed by atoms with van der Waals surface area (Å²) < 4.78 is 17.9. The lowest BCUT2D eigenvalue weighted by Gasteiger charge is -2.26. The molecule has 2 aromatic carbocycles. The first-order valence-electron chi connectivity index (χ1n) is 10.4. The van der Waals surface area contributed by atoms with Gasteiger partial charge in [-0.25, -0.2) is 0 Å². The number of aryl methyl sites for hydroxylation is 2. The number of phenolic OH excluding ortho intramolecular Hbond substituents is 1. The molecule has 1 unspecified atom stereocenters. The van der Waals surface area contributed by atoms with E-state index in [0.29, 0.717) is 41.5 Å². The van der Waals surface area contributed by atoms with Crippen molar-refractivity contribution in [1.29, 1.82) is 0 Å². The van der Waals surface area contributed by atoms with Crippen molar-refractivity contribution < 1.29 is 24.1 Å². The fraction of sp³-hybridized carbons (Fsp3) is 0.280. The van der Waals surface area contributed by atoms with Crippen LogP contribution in [-0.2, 0) is 17.8 Å². The zero-order valence-corrected chi connectivity index (χ0v) is 18.3. The van der Waals surface area contributed by atoms with Crippen LogP contribution in [0.4, 0.5) is 0 Å². The van der Waals surface area contributed by atoms with Crippen molar-refractivity contribution in [2.24, 2.45) is 0 Å². The van der Waals surface area contributed by atoms with Crippen molar-refractivity contribution in [1.82, 2.24) is 4.57 Å². The number of phenols is 1. The van der Waals surface area contributed by atoms with Crippen molar-refractivity contribution in [3.05, 3.63) is 81.3 Å². The average molecular weight is 435 g/mol. The van der Waals surface area contributed by atoms with Gasteiger partial charge in [-0.2, -0.15) is 0 Å². The number of benzene rings is 2. The molecule has 1 N–H and O–H groups in total. The van der Waals surface area contributed by atoms with Gasteiger partial charge in [0.25, 0.3) is 5.56 Å². The number of carbonyl (C=O) groups excluding carboxylic acids is 1. The topological polar surface area (TPSA) is 87.0 Å². The molecular weight excluding hydrogens is 410 g/mol. The molecule has 7 heteroatoms. The van der Waals surface area contributed by atoms with Gasteiger partial charge >= 0.3 is 5.97 Å². The van der Waals surface area contributed by atoms with E-state index < -0.39 is 5.92 Å². The Labute approximate surface area is 185 Å². The van der Waals surface area contributed by atoms with Gasteiger partial charge in [0.15, 0.2) is 11.5 Å². The van der Waals surface area contributed by atoms with Crippen LogP contribution < -0.4 is 19.8 Å². The Kier molecular flexibility index (Phi) is 5.90. The number of hydrogen-bond acceptors (Lipinski definition) is 6. The van der Waals surface area contributed by atoms with Crippen molar-refractivity contribution >= 4 is 5.97 Å². The molecule has 0 saturated heterocycles. The molecule has 1 aliphatic rings. The third kappa shape index (κ3) is 4.06. The number of ether oxygens (including phenoxy) is 3. The van der Waals surface area contributed by atoms with E-state index in [4.69, 9.17) is 14.2 Å². The first-order valence-corrected chi connectivity index (χ1v) is 10.4. The maximum Gasteiger partial charge on any atom is 0.312 e. The second-order valence-corrected chi connectivity index (χ2v) is 7.78. The van der Waals surface area contributed by atoms with Crippen LogP contribution in [0.25, 0.3) is 0 Å². The Balaban J connectivity index is 1.74. The molecule has 0 aliphatic carbocycles. The van der Waals surface area contributed by atoms with Gasteiger partial charge in [0.05, 0.1) is 26.2 Å². The summed E-state index contributed by atoms with van der Waals surface area (Å²) in [5.74, 6) is 0.798. The lowest BCUT2D eigenvalue weighted by atomic mass is 9.86. The summed E-state index contributed by atoms with van der Waals surface area (Å²) in [5, 5.41) is 9.48. The van der Waals surface area contributed by atoms with Crippen molar-refractivity contribution in [2.45, 2.75) is 32.2 Å². The second kappa shape index (κ2) is 8.78. The highest BCUT2D eigenvalue weighted by Gasteiger charge is 2.33.